The number of halogens is 1. The molecule has 2 unspecified atom stereocenters. The molecule has 0 aliphatic carbocycles. The standard InChI is InChI=1S/C16H19FN4O2S/c1-9(11-4-5-14(24-3)12(17)6-11)20-8-15-19-18-10(2)21(15)7-13(20)16(22)23/h4-6,9,13H,7-8H2,1-3H3,(H,22,23). The van der Waals surface area contributed by atoms with Crippen molar-refractivity contribution in [3.63, 3.8) is 0 Å². The molecule has 24 heavy (non-hydrogen) atoms. The molecule has 0 saturated heterocycles. The zero-order valence-corrected chi connectivity index (χ0v) is 14.5. The van der Waals surface area contributed by atoms with Gasteiger partial charge in [-0.05, 0) is 37.8 Å². The second kappa shape index (κ2) is 6.52. The van der Waals surface area contributed by atoms with Gasteiger partial charge in [-0.25, -0.2) is 4.39 Å². The SMILES string of the molecule is CSc1ccc(C(C)N2Cc3nnc(C)n3CC2C(=O)O)cc1F. The highest BCUT2D eigenvalue weighted by Crippen LogP contribution is 2.31. The van der Waals surface area contributed by atoms with E-state index in [2.05, 4.69) is 10.2 Å². The van der Waals surface area contributed by atoms with Crippen LogP contribution in [-0.4, -0.2) is 43.0 Å². The molecule has 0 radical (unpaired) electrons. The van der Waals surface area contributed by atoms with Gasteiger partial charge in [-0.3, -0.25) is 9.69 Å². The van der Waals surface area contributed by atoms with Crippen molar-refractivity contribution < 1.29 is 14.3 Å². The van der Waals surface area contributed by atoms with Crippen LogP contribution >= 0.6 is 11.8 Å². The van der Waals surface area contributed by atoms with E-state index in [4.69, 9.17) is 0 Å². The average molecular weight is 350 g/mol. The second-order valence-electron chi connectivity index (χ2n) is 5.87. The van der Waals surface area contributed by atoms with Gasteiger partial charge in [-0.2, -0.15) is 0 Å². The predicted molar refractivity (Wildman–Crippen MR) is 88.3 cm³/mol. The molecular formula is C16H19FN4O2S. The first-order valence-electron chi connectivity index (χ1n) is 7.63. The van der Waals surface area contributed by atoms with Gasteiger partial charge in [0.1, 0.15) is 23.5 Å². The summed E-state index contributed by atoms with van der Waals surface area (Å²) >= 11 is 1.35. The summed E-state index contributed by atoms with van der Waals surface area (Å²) in [4.78, 5) is 14.1. The Labute approximate surface area is 143 Å². The molecule has 0 fully saturated rings. The lowest BCUT2D eigenvalue weighted by Gasteiger charge is -2.37. The highest BCUT2D eigenvalue weighted by molar-refractivity contribution is 7.98. The van der Waals surface area contributed by atoms with Crippen LogP contribution in [0.4, 0.5) is 4.39 Å². The Bertz CT molecular complexity index is 779. The van der Waals surface area contributed by atoms with Crippen molar-refractivity contribution in [2.75, 3.05) is 6.26 Å². The molecule has 2 atom stereocenters. The fraction of sp³-hybridized carbons (Fsp3) is 0.438. The zero-order valence-electron chi connectivity index (χ0n) is 13.7. The maximum Gasteiger partial charge on any atom is 0.322 e. The number of benzene rings is 1. The third kappa shape index (κ3) is 2.91. The van der Waals surface area contributed by atoms with Gasteiger partial charge in [0.25, 0.3) is 0 Å². The number of thioether (sulfide) groups is 1. The Morgan fingerprint density at radius 3 is 2.83 bits per heavy atom. The van der Waals surface area contributed by atoms with Crippen molar-refractivity contribution in [2.24, 2.45) is 0 Å². The molecule has 0 spiro atoms. The number of aliphatic carboxylic acids is 1. The lowest BCUT2D eigenvalue weighted by atomic mass is 10.0. The molecule has 0 bridgehead atoms. The number of hydrogen-bond donors (Lipinski definition) is 1. The fourth-order valence-electron chi connectivity index (χ4n) is 3.09. The van der Waals surface area contributed by atoms with Crippen molar-refractivity contribution in [1.29, 1.82) is 0 Å². The number of carbonyl (C=O) groups is 1. The average Bonchev–Trinajstić information content (AvgIpc) is 2.93. The van der Waals surface area contributed by atoms with Crippen molar-refractivity contribution in [2.45, 2.75) is 43.9 Å². The molecule has 3 rings (SSSR count). The molecular weight excluding hydrogens is 331 g/mol. The molecule has 1 aliphatic heterocycles. The van der Waals surface area contributed by atoms with E-state index in [1.54, 1.807) is 6.07 Å². The highest BCUT2D eigenvalue weighted by atomic mass is 32.2. The topological polar surface area (TPSA) is 71.2 Å². The molecule has 1 aliphatic rings. The van der Waals surface area contributed by atoms with Gasteiger partial charge in [0.2, 0.25) is 0 Å². The van der Waals surface area contributed by atoms with Crippen LogP contribution < -0.4 is 0 Å². The Morgan fingerprint density at radius 2 is 2.21 bits per heavy atom. The van der Waals surface area contributed by atoms with Gasteiger partial charge in [0.15, 0.2) is 0 Å². The van der Waals surface area contributed by atoms with Gasteiger partial charge < -0.3 is 9.67 Å². The predicted octanol–water partition coefficient (Wildman–Crippen LogP) is 2.48. The van der Waals surface area contributed by atoms with Crippen LogP contribution in [0.25, 0.3) is 0 Å². The van der Waals surface area contributed by atoms with E-state index in [0.29, 0.717) is 23.8 Å². The third-order valence-corrected chi connectivity index (χ3v) is 5.30. The molecule has 1 aromatic heterocycles. The quantitative estimate of drug-likeness (QED) is 0.854. The number of carboxylic acid groups (broad SMARTS) is 1. The molecule has 2 aromatic rings. The summed E-state index contributed by atoms with van der Waals surface area (Å²) < 4.78 is 15.9. The van der Waals surface area contributed by atoms with Crippen LogP contribution in [0.1, 0.15) is 30.2 Å². The molecule has 8 heteroatoms. The minimum atomic E-state index is -0.901. The van der Waals surface area contributed by atoms with Crippen LogP contribution in [0.15, 0.2) is 23.1 Å². The Balaban J connectivity index is 1.94. The van der Waals surface area contributed by atoms with Crippen LogP contribution in [-0.2, 0) is 17.9 Å². The van der Waals surface area contributed by atoms with E-state index in [9.17, 15) is 14.3 Å². The number of rotatable bonds is 4. The summed E-state index contributed by atoms with van der Waals surface area (Å²) in [5.41, 5.74) is 0.751. The van der Waals surface area contributed by atoms with Crippen molar-refractivity contribution >= 4 is 17.7 Å². The Hall–Kier alpha value is -1.93. The lowest BCUT2D eigenvalue weighted by molar-refractivity contribution is -0.146. The Kier molecular flexibility index (Phi) is 4.60. The van der Waals surface area contributed by atoms with E-state index in [1.807, 2.05) is 35.6 Å². The fourth-order valence-corrected chi connectivity index (χ4v) is 3.55. The smallest absolute Gasteiger partial charge is 0.322 e. The van der Waals surface area contributed by atoms with Crippen molar-refractivity contribution in [3.05, 3.63) is 41.2 Å². The van der Waals surface area contributed by atoms with E-state index < -0.39 is 12.0 Å². The second-order valence-corrected chi connectivity index (χ2v) is 6.72. The minimum absolute atomic E-state index is 0.248. The first-order valence-corrected chi connectivity index (χ1v) is 8.85. The summed E-state index contributed by atoms with van der Waals surface area (Å²) in [6.45, 7) is 4.36. The van der Waals surface area contributed by atoms with Crippen LogP contribution in [0.3, 0.4) is 0 Å². The third-order valence-electron chi connectivity index (χ3n) is 4.53. The summed E-state index contributed by atoms with van der Waals surface area (Å²) in [6.07, 6.45) is 1.82. The Morgan fingerprint density at radius 1 is 1.46 bits per heavy atom. The molecule has 0 saturated carbocycles. The number of nitrogens with zero attached hydrogens (tertiary/aromatic N) is 4. The molecule has 1 N–H and O–H groups in total. The summed E-state index contributed by atoms with van der Waals surface area (Å²) in [5, 5.41) is 17.8. The van der Waals surface area contributed by atoms with Crippen LogP contribution in [0, 0.1) is 12.7 Å². The van der Waals surface area contributed by atoms with Gasteiger partial charge >= 0.3 is 5.97 Å². The number of hydrogen-bond acceptors (Lipinski definition) is 5. The molecule has 0 amide bonds. The lowest BCUT2D eigenvalue weighted by Crippen LogP contribution is -2.49. The zero-order chi connectivity index (χ0) is 17.4. The maximum atomic E-state index is 14.1. The molecule has 6 nitrogen and oxygen atoms in total. The van der Waals surface area contributed by atoms with E-state index >= 15 is 0 Å². The van der Waals surface area contributed by atoms with Gasteiger partial charge in [-0.1, -0.05) is 6.07 Å². The monoisotopic (exact) mass is 350 g/mol. The van der Waals surface area contributed by atoms with Gasteiger partial charge in [0.05, 0.1) is 13.1 Å². The van der Waals surface area contributed by atoms with Crippen molar-refractivity contribution in [1.82, 2.24) is 19.7 Å². The molecule has 1 aromatic carbocycles. The van der Waals surface area contributed by atoms with Gasteiger partial charge in [-0.15, -0.1) is 22.0 Å². The van der Waals surface area contributed by atoms with E-state index in [0.717, 1.165) is 11.4 Å². The number of aromatic nitrogens is 3. The normalized spacial score (nSPS) is 19.1. The molecule has 128 valence electrons. The van der Waals surface area contributed by atoms with E-state index in [-0.39, 0.29) is 11.9 Å². The number of aryl methyl sites for hydroxylation is 1. The largest absolute Gasteiger partial charge is 0.480 e. The number of fused-ring (bicyclic) bond motifs is 1. The van der Waals surface area contributed by atoms with Gasteiger partial charge in [0, 0.05) is 10.9 Å². The summed E-state index contributed by atoms with van der Waals surface area (Å²) in [5.74, 6) is 0.258. The first kappa shape index (κ1) is 16.9. The maximum absolute atomic E-state index is 14.1. The molecule has 2 heterocycles. The van der Waals surface area contributed by atoms with E-state index in [1.165, 1.54) is 17.8 Å². The minimum Gasteiger partial charge on any atom is -0.480 e. The first-order chi connectivity index (χ1) is 11.4. The van der Waals surface area contributed by atoms with Crippen LogP contribution in [0.5, 0.6) is 0 Å². The van der Waals surface area contributed by atoms with Crippen LogP contribution in [0.2, 0.25) is 0 Å². The highest BCUT2D eigenvalue weighted by Gasteiger charge is 2.36. The van der Waals surface area contributed by atoms with Crippen molar-refractivity contribution in [3.8, 4) is 0 Å². The summed E-state index contributed by atoms with van der Waals surface area (Å²) in [6, 6.07) is 4.12. The number of carboxylic acids is 1. The summed E-state index contributed by atoms with van der Waals surface area (Å²) in [7, 11) is 0.